The summed E-state index contributed by atoms with van der Waals surface area (Å²) in [7, 11) is 0. The van der Waals surface area contributed by atoms with E-state index in [1.54, 1.807) is 5.51 Å². The van der Waals surface area contributed by atoms with Gasteiger partial charge in [0.25, 0.3) is 0 Å². The Morgan fingerprint density at radius 2 is 2.50 bits per heavy atom. The maximum Gasteiger partial charge on any atom is 0.357 e. The molecule has 16 heavy (non-hydrogen) atoms. The van der Waals surface area contributed by atoms with Crippen LogP contribution in [0.5, 0.6) is 0 Å². The highest BCUT2D eigenvalue weighted by molar-refractivity contribution is 7.14. The third kappa shape index (κ3) is 2.52. The molecule has 88 valence electrons. The van der Waals surface area contributed by atoms with Gasteiger partial charge in [0.05, 0.1) is 5.51 Å². The second kappa shape index (κ2) is 4.82. The fourth-order valence-corrected chi connectivity index (χ4v) is 2.95. The molecule has 2 atom stereocenters. The standard InChI is InChI=1S/C11H16N2O2S/c1-7-2-3-8(4-7)5-12-10-9(11(14)15)13-6-16-10/h6-8,12H,2-5H2,1H3,(H,14,15). The summed E-state index contributed by atoms with van der Waals surface area (Å²) >= 11 is 1.36. The molecule has 2 rings (SSSR count). The third-order valence-corrected chi connectivity index (χ3v) is 3.91. The molecule has 0 spiro atoms. The minimum Gasteiger partial charge on any atom is -0.476 e. The van der Waals surface area contributed by atoms with Crippen LogP contribution in [0.2, 0.25) is 0 Å². The van der Waals surface area contributed by atoms with Gasteiger partial charge in [-0.15, -0.1) is 11.3 Å². The highest BCUT2D eigenvalue weighted by Crippen LogP contribution is 2.31. The van der Waals surface area contributed by atoms with E-state index >= 15 is 0 Å². The van der Waals surface area contributed by atoms with Crippen LogP contribution in [0.25, 0.3) is 0 Å². The van der Waals surface area contributed by atoms with Crippen LogP contribution in [-0.4, -0.2) is 22.6 Å². The Morgan fingerprint density at radius 3 is 3.12 bits per heavy atom. The Hall–Kier alpha value is -1.10. The largest absolute Gasteiger partial charge is 0.476 e. The van der Waals surface area contributed by atoms with E-state index in [1.165, 1.54) is 30.6 Å². The summed E-state index contributed by atoms with van der Waals surface area (Å²) < 4.78 is 0. The number of nitrogens with zero attached hydrogens (tertiary/aromatic N) is 1. The number of hydrogen-bond donors (Lipinski definition) is 2. The monoisotopic (exact) mass is 240 g/mol. The average Bonchev–Trinajstić information content (AvgIpc) is 2.83. The number of carbonyl (C=O) groups is 1. The highest BCUT2D eigenvalue weighted by atomic mass is 32.1. The number of carboxylic acid groups (broad SMARTS) is 1. The molecule has 1 aromatic rings. The van der Waals surface area contributed by atoms with Crippen LogP contribution in [0, 0.1) is 11.8 Å². The molecule has 1 heterocycles. The lowest BCUT2D eigenvalue weighted by atomic mass is 10.1. The van der Waals surface area contributed by atoms with Crippen LogP contribution in [0.15, 0.2) is 5.51 Å². The zero-order valence-electron chi connectivity index (χ0n) is 9.27. The minimum atomic E-state index is -0.955. The van der Waals surface area contributed by atoms with Crippen molar-refractivity contribution >= 4 is 22.3 Å². The van der Waals surface area contributed by atoms with Crippen molar-refractivity contribution in [1.29, 1.82) is 0 Å². The quantitative estimate of drug-likeness (QED) is 0.849. The van der Waals surface area contributed by atoms with Gasteiger partial charge in [-0.05, 0) is 24.7 Å². The minimum absolute atomic E-state index is 0.149. The molecule has 0 amide bonds. The van der Waals surface area contributed by atoms with Crippen molar-refractivity contribution in [3.8, 4) is 0 Å². The number of aromatic nitrogens is 1. The molecule has 0 aliphatic heterocycles. The molecular weight excluding hydrogens is 224 g/mol. The summed E-state index contributed by atoms with van der Waals surface area (Å²) in [6, 6.07) is 0. The first-order valence-electron chi connectivity index (χ1n) is 5.57. The number of aromatic carboxylic acids is 1. The van der Waals surface area contributed by atoms with Gasteiger partial charge in [0.2, 0.25) is 0 Å². The molecule has 1 saturated carbocycles. The topological polar surface area (TPSA) is 62.2 Å². The molecule has 1 fully saturated rings. The van der Waals surface area contributed by atoms with Crippen molar-refractivity contribution in [2.45, 2.75) is 26.2 Å². The van der Waals surface area contributed by atoms with E-state index in [1.807, 2.05) is 0 Å². The normalized spacial score (nSPS) is 24.6. The van der Waals surface area contributed by atoms with E-state index in [9.17, 15) is 4.79 Å². The summed E-state index contributed by atoms with van der Waals surface area (Å²) in [5.41, 5.74) is 1.72. The SMILES string of the molecule is CC1CCC(CNc2scnc2C(=O)O)C1. The summed E-state index contributed by atoms with van der Waals surface area (Å²) in [5, 5.41) is 12.8. The predicted octanol–water partition coefficient (Wildman–Crippen LogP) is 2.69. The van der Waals surface area contributed by atoms with Crippen molar-refractivity contribution in [1.82, 2.24) is 4.98 Å². The molecule has 0 saturated heterocycles. The lowest BCUT2D eigenvalue weighted by molar-refractivity contribution is 0.0692. The summed E-state index contributed by atoms with van der Waals surface area (Å²) in [4.78, 5) is 14.7. The van der Waals surface area contributed by atoms with Crippen molar-refractivity contribution in [3.05, 3.63) is 11.2 Å². The first kappa shape index (κ1) is 11.4. The lowest BCUT2D eigenvalue weighted by Gasteiger charge is -2.10. The smallest absolute Gasteiger partial charge is 0.357 e. The Kier molecular flexibility index (Phi) is 3.43. The van der Waals surface area contributed by atoms with Gasteiger partial charge >= 0.3 is 5.97 Å². The molecule has 5 heteroatoms. The number of anilines is 1. The molecule has 0 aromatic carbocycles. The second-order valence-corrected chi connectivity index (χ2v) is 5.36. The molecule has 1 aliphatic rings. The van der Waals surface area contributed by atoms with Crippen LogP contribution < -0.4 is 5.32 Å². The average molecular weight is 240 g/mol. The molecule has 4 nitrogen and oxygen atoms in total. The van der Waals surface area contributed by atoms with E-state index in [0.29, 0.717) is 10.9 Å². The maximum atomic E-state index is 10.8. The lowest BCUT2D eigenvalue weighted by Crippen LogP contribution is -2.12. The Bertz CT molecular complexity index is 378. The molecule has 0 bridgehead atoms. The Morgan fingerprint density at radius 1 is 1.69 bits per heavy atom. The maximum absolute atomic E-state index is 10.8. The number of carboxylic acids is 1. The second-order valence-electron chi connectivity index (χ2n) is 4.50. The number of rotatable bonds is 4. The molecular formula is C11H16N2O2S. The molecule has 2 N–H and O–H groups in total. The Labute approximate surface area is 98.7 Å². The summed E-state index contributed by atoms with van der Waals surface area (Å²) in [5.74, 6) is 0.537. The fraction of sp³-hybridized carbons (Fsp3) is 0.636. The molecule has 1 aromatic heterocycles. The molecule has 1 aliphatic carbocycles. The van der Waals surface area contributed by atoms with Gasteiger partial charge in [-0.3, -0.25) is 0 Å². The van der Waals surface area contributed by atoms with Gasteiger partial charge in [-0.2, -0.15) is 0 Å². The molecule has 2 unspecified atom stereocenters. The number of thiazole rings is 1. The zero-order valence-corrected chi connectivity index (χ0v) is 10.1. The van der Waals surface area contributed by atoms with Crippen molar-refractivity contribution in [3.63, 3.8) is 0 Å². The van der Waals surface area contributed by atoms with Gasteiger partial charge in [-0.1, -0.05) is 13.3 Å². The van der Waals surface area contributed by atoms with Gasteiger partial charge < -0.3 is 10.4 Å². The zero-order chi connectivity index (χ0) is 11.5. The number of hydrogen-bond acceptors (Lipinski definition) is 4. The van der Waals surface area contributed by atoms with E-state index in [-0.39, 0.29) is 5.69 Å². The van der Waals surface area contributed by atoms with Crippen molar-refractivity contribution in [2.75, 3.05) is 11.9 Å². The highest BCUT2D eigenvalue weighted by Gasteiger charge is 2.22. The van der Waals surface area contributed by atoms with Gasteiger partial charge in [0, 0.05) is 6.54 Å². The van der Waals surface area contributed by atoms with Crippen molar-refractivity contribution in [2.24, 2.45) is 11.8 Å². The van der Waals surface area contributed by atoms with E-state index in [4.69, 9.17) is 5.11 Å². The Balaban J connectivity index is 1.89. The van der Waals surface area contributed by atoms with Gasteiger partial charge in [0.15, 0.2) is 5.69 Å². The van der Waals surface area contributed by atoms with Crippen LogP contribution >= 0.6 is 11.3 Å². The van der Waals surface area contributed by atoms with E-state index < -0.39 is 5.97 Å². The fourth-order valence-electron chi connectivity index (χ4n) is 2.27. The van der Waals surface area contributed by atoms with E-state index in [0.717, 1.165) is 12.5 Å². The van der Waals surface area contributed by atoms with Crippen LogP contribution in [0.4, 0.5) is 5.00 Å². The summed E-state index contributed by atoms with van der Waals surface area (Å²) in [6.07, 6.45) is 3.78. The van der Waals surface area contributed by atoms with Crippen LogP contribution in [0.1, 0.15) is 36.7 Å². The van der Waals surface area contributed by atoms with Crippen molar-refractivity contribution < 1.29 is 9.90 Å². The van der Waals surface area contributed by atoms with Gasteiger partial charge in [0.1, 0.15) is 5.00 Å². The van der Waals surface area contributed by atoms with Crippen LogP contribution in [0.3, 0.4) is 0 Å². The number of nitrogens with one attached hydrogen (secondary N) is 1. The van der Waals surface area contributed by atoms with Crippen LogP contribution in [-0.2, 0) is 0 Å². The molecule has 0 radical (unpaired) electrons. The third-order valence-electron chi connectivity index (χ3n) is 3.12. The summed E-state index contributed by atoms with van der Waals surface area (Å²) in [6.45, 7) is 3.14. The predicted molar refractivity (Wildman–Crippen MR) is 64.1 cm³/mol. The first-order valence-corrected chi connectivity index (χ1v) is 6.45. The van der Waals surface area contributed by atoms with Gasteiger partial charge in [-0.25, -0.2) is 9.78 Å². The van der Waals surface area contributed by atoms with E-state index in [2.05, 4.69) is 17.2 Å². The first-order chi connectivity index (χ1) is 7.66.